The van der Waals surface area contributed by atoms with Crippen molar-refractivity contribution < 1.29 is 14.7 Å². The van der Waals surface area contributed by atoms with Crippen LogP contribution >= 0.6 is 11.6 Å². The van der Waals surface area contributed by atoms with Crippen molar-refractivity contribution >= 4 is 23.5 Å². The highest BCUT2D eigenvalue weighted by Crippen LogP contribution is 2.16. The second-order valence-electron chi connectivity index (χ2n) is 4.27. The maximum absolute atomic E-state index is 12.1. The summed E-state index contributed by atoms with van der Waals surface area (Å²) in [4.78, 5) is 23.2. The van der Waals surface area contributed by atoms with Crippen LogP contribution in [0.15, 0.2) is 12.3 Å². The molecule has 1 aromatic rings. The third-order valence-corrected chi connectivity index (χ3v) is 3.21. The number of rotatable bonds is 5. The zero-order valence-corrected chi connectivity index (χ0v) is 11.4. The van der Waals surface area contributed by atoms with Gasteiger partial charge >= 0.3 is 5.97 Å². The molecule has 0 aliphatic rings. The lowest BCUT2D eigenvalue weighted by Crippen LogP contribution is -2.52. The van der Waals surface area contributed by atoms with Crippen LogP contribution in [0, 0.1) is 0 Å². The summed E-state index contributed by atoms with van der Waals surface area (Å²) < 4.78 is 1.68. The number of aromatic nitrogens is 1. The van der Waals surface area contributed by atoms with Gasteiger partial charge in [0.05, 0.1) is 5.02 Å². The van der Waals surface area contributed by atoms with Gasteiger partial charge in [0.25, 0.3) is 5.91 Å². The molecule has 1 heterocycles. The molecule has 0 bridgehead atoms. The Morgan fingerprint density at radius 3 is 2.56 bits per heavy atom. The maximum atomic E-state index is 12.1. The fraction of sp³-hybridized carbons (Fsp3) is 0.500. The minimum Gasteiger partial charge on any atom is -0.480 e. The molecule has 1 atom stereocenters. The quantitative estimate of drug-likeness (QED) is 0.863. The second-order valence-corrected chi connectivity index (χ2v) is 4.71. The molecule has 1 unspecified atom stereocenters. The zero-order chi connectivity index (χ0) is 13.9. The lowest BCUT2D eigenvalue weighted by Gasteiger charge is -2.24. The highest BCUT2D eigenvalue weighted by atomic mass is 35.5. The molecular weight excluding hydrogens is 256 g/mol. The first kappa shape index (κ1) is 14.6. The number of carboxylic acids is 1. The molecule has 0 aromatic carbocycles. The second kappa shape index (κ2) is 5.44. The molecule has 18 heavy (non-hydrogen) atoms. The summed E-state index contributed by atoms with van der Waals surface area (Å²) in [6, 6.07) is 1.53. The van der Waals surface area contributed by atoms with Gasteiger partial charge in [-0.2, -0.15) is 0 Å². The van der Waals surface area contributed by atoms with Gasteiger partial charge < -0.3 is 15.0 Å². The summed E-state index contributed by atoms with van der Waals surface area (Å²) in [5.74, 6) is -1.49. The predicted octanol–water partition coefficient (Wildman–Crippen LogP) is 2.14. The van der Waals surface area contributed by atoms with Gasteiger partial charge in [0, 0.05) is 12.7 Å². The van der Waals surface area contributed by atoms with Crippen LogP contribution in [-0.4, -0.2) is 27.1 Å². The molecule has 2 N–H and O–H groups in total. The normalized spacial score (nSPS) is 14.0. The molecule has 0 saturated carbocycles. The first-order valence-electron chi connectivity index (χ1n) is 5.75. The van der Waals surface area contributed by atoms with Crippen LogP contribution in [0.1, 0.15) is 37.7 Å². The summed E-state index contributed by atoms with van der Waals surface area (Å²) in [6.07, 6.45) is 1.94. The molecule has 0 radical (unpaired) electrons. The molecule has 1 rings (SSSR count). The number of amides is 1. The Bertz CT molecular complexity index is 470. The Hall–Kier alpha value is -1.49. The van der Waals surface area contributed by atoms with Gasteiger partial charge in [0.1, 0.15) is 11.2 Å². The van der Waals surface area contributed by atoms with Gasteiger partial charge in [0.2, 0.25) is 0 Å². The minimum atomic E-state index is -1.27. The van der Waals surface area contributed by atoms with Crippen LogP contribution in [-0.2, 0) is 11.3 Å². The summed E-state index contributed by atoms with van der Waals surface area (Å²) in [5, 5.41) is 12.1. The van der Waals surface area contributed by atoms with E-state index in [2.05, 4.69) is 5.32 Å². The monoisotopic (exact) mass is 272 g/mol. The Morgan fingerprint density at radius 2 is 2.11 bits per heavy atom. The SMILES string of the molecule is CCn1cc(Cl)cc1C(=O)NC(C)(CC)C(=O)O. The number of carboxylic acid groups (broad SMARTS) is 1. The van der Waals surface area contributed by atoms with Crippen LogP contribution in [0.3, 0.4) is 0 Å². The van der Waals surface area contributed by atoms with Gasteiger partial charge in [-0.25, -0.2) is 4.79 Å². The number of aryl methyl sites for hydroxylation is 1. The van der Waals surface area contributed by atoms with Crippen molar-refractivity contribution in [3.05, 3.63) is 23.0 Å². The fourth-order valence-corrected chi connectivity index (χ4v) is 1.76. The van der Waals surface area contributed by atoms with Crippen LogP contribution < -0.4 is 5.32 Å². The number of carbonyl (C=O) groups excluding carboxylic acids is 1. The summed E-state index contributed by atoms with van der Waals surface area (Å²) in [6.45, 7) is 5.66. The largest absolute Gasteiger partial charge is 0.480 e. The van der Waals surface area contributed by atoms with Gasteiger partial charge in [-0.15, -0.1) is 0 Å². The standard InChI is InChI=1S/C12H17ClN2O3/c1-4-12(3,11(17)18)14-10(16)9-6-8(13)7-15(9)5-2/h6-7H,4-5H2,1-3H3,(H,14,16)(H,17,18). The summed E-state index contributed by atoms with van der Waals surface area (Å²) >= 11 is 5.84. The minimum absolute atomic E-state index is 0.300. The average Bonchev–Trinajstić information content (AvgIpc) is 2.70. The molecular formula is C12H17ClN2O3. The molecule has 0 aliphatic carbocycles. The Balaban J connectivity index is 2.98. The average molecular weight is 273 g/mol. The van der Waals surface area contributed by atoms with Gasteiger partial charge in [0.15, 0.2) is 0 Å². The molecule has 6 heteroatoms. The highest BCUT2D eigenvalue weighted by molar-refractivity contribution is 6.31. The van der Waals surface area contributed by atoms with E-state index in [1.807, 2.05) is 6.92 Å². The van der Waals surface area contributed by atoms with E-state index in [-0.39, 0.29) is 0 Å². The van der Waals surface area contributed by atoms with Crippen molar-refractivity contribution in [2.45, 2.75) is 39.3 Å². The fourth-order valence-electron chi connectivity index (χ4n) is 1.53. The van der Waals surface area contributed by atoms with Gasteiger partial charge in [-0.1, -0.05) is 18.5 Å². The number of nitrogens with zero attached hydrogens (tertiary/aromatic N) is 1. The van der Waals surface area contributed by atoms with Crippen LogP contribution in [0.2, 0.25) is 5.02 Å². The lowest BCUT2D eigenvalue weighted by molar-refractivity contribution is -0.143. The number of hydrogen-bond acceptors (Lipinski definition) is 2. The van der Waals surface area contributed by atoms with E-state index >= 15 is 0 Å². The number of hydrogen-bond donors (Lipinski definition) is 2. The molecule has 100 valence electrons. The number of halogens is 1. The first-order valence-corrected chi connectivity index (χ1v) is 6.13. The van der Waals surface area contributed by atoms with Crippen molar-refractivity contribution in [1.82, 2.24) is 9.88 Å². The molecule has 0 spiro atoms. The molecule has 0 saturated heterocycles. The van der Waals surface area contributed by atoms with E-state index in [1.165, 1.54) is 13.0 Å². The van der Waals surface area contributed by atoms with Crippen molar-refractivity contribution in [1.29, 1.82) is 0 Å². The molecule has 1 aromatic heterocycles. The van der Waals surface area contributed by atoms with E-state index in [0.717, 1.165) is 0 Å². The third-order valence-electron chi connectivity index (χ3n) is 3.01. The van der Waals surface area contributed by atoms with Gasteiger partial charge in [-0.05, 0) is 26.3 Å². The van der Waals surface area contributed by atoms with E-state index < -0.39 is 17.4 Å². The summed E-state index contributed by atoms with van der Waals surface area (Å²) in [7, 11) is 0. The number of nitrogens with one attached hydrogen (secondary N) is 1. The maximum Gasteiger partial charge on any atom is 0.329 e. The molecule has 0 aliphatic heterocycles. The Morgan fingerprint density at radius 1 is 1.50 bits per heavy atom. The van der Waals surface area contributed by atoms with E-state index in [0.29, 0.717) is 23.7 Å². The van der Waals surface area contributed by atoms with Crippen molar-refractivity contribution in [2.75, 3.05) is 0 Å². The molecule has 1 amide bonds. The van der Waals surface area contributed by atoms with E-state index in [9.17, 15) is 9.59 Å². The molecule has 0 fully saturated rings. The predicted molar refractivity (Wildman–Crippen MR) is 68.9 cm³/mol. The Labute approximate surface area is 111 Å². The smallest absolute Gasteiger partial charge is 0.329 e. The Kier molecular flexibility index (Phi) is 4.40. The topological polar surface area (TPSA) is 71.3 Å². The van der Waals surface area contributed by atoms with Gasteiger partial charge in [-0.3, -0.25) is 4.79 Å². The van der Waals surface area contributed by atoms with Crippen molar-refractivity contribution in [2.24, 2.45) is 0 Å². The first-order chi connectivity index (χ1) is 8.34. The number of carbonyl (C=O) groups is 2. The third kappa shape index (κ3) is 2.85. The van der Waals surface area contributed by atoms with E-state index in [1.54, 1.807) is 17.7 Å². The van der Waals surface area contributed by atoms with Crippen molar-refractivity contribution in [3.8, 4) is 0 Å². The van der Waals surface area contributed by atoms with Crippen LogP contribution in [0.5, 0.6) is 0 Å². The van der Waals surface area contributed by atoms with Crippen LogP contribution in [0.25, 0.3) is 0 Å². The van der Waals surface area contributed by atoms with E-state index in [4.69, 9.17) is 16.7 Å². The number of aliphatic carboxylic acids is 1. The highest BCUT2D eigenvalue weighted by Gasteiger charge is 2.33. The van der Waals surface area contributed by atoms with Crippen LogP contribution in [0.4, 0.5) is 0 Å². The lowest BCUT2D eigenvalue weighted by atomic mass is 9.99. The zero-order valence-electron chi connectivity index (χ0n) is 10.7. The molecule has 5 nitrogen and oxygen atoms in total. The van der Waals surface area contributed by atoms with Crippen molar-refractivity contribution in [3.63, 3.8) is 0 Å². The summed E-state index contributed by atoms with van der Waals surface area (Å²) in [5.41, 5.74) is -0.907.